The molecule has 0 spiro atoms. The van der Waals surface area contributed by atoms with Crippen LogP contribution in [0.1, 0.15) is 69.2 Å². The highest BCUT2D eigenvalue weighted by Crippen LogP contribution is 2.41. The summed E-state index contributed by atoms with van der Waals surface area (Å²) in [4.78, 5) is 0. The van der Waals surface area contributed by atoms with Crippen molar-refractivity contribution >= 4 is 11.0 Å². The van der Waals surface area contributed by atoms with Crippen molar-refractivity contribution in [1.82, 2.24) is 9.78 Å². The number of benzene rings is 1. The number of furan rings is 1. The van der Waals surface area contributed by atoms with E-state index in [0.717, 1.165) is 35.3 Å². The average Bonchev–Trinajstić information content (AvgIpc) is 3.26. The second-order valence-electron chi connectivity index (χ2n) is 6.94. The first-order valence-electron chi connectivity index (χ1n) is 9.20. The Morgan fingerprint density at radius 1 is 1.12 bits per heavy atom. The van der Waals surface area contributed by atoms with Gasteiger partial charge in [-0.15, -0.1) is 0 Å². The lowest BCUT2D eigenvalue weighted by Gasteiger charge is -2.20. The summed E-state index contributed by atoms with van der Waals surface area (Å²) in [5.41, 5.74) is 4.43. The van der Waals surface area contributed by atoms with Crippen LogP contribution in [0.15, 0.2) is 35.1 Å². The minimum absolute atomic E-state index is 0.431. The fraction of sp³-hybridized carbons (Fsp3) is 0.476. The minimum atomic E-state index is 0.431. The molecule has 0 amide bonds. The van der Waals surface area contributed by atoms with Crippen molar-refractivity contribution in [3.63, 3.8) is 0 Å². The van der Waals surface area contributed by atoms with Gasteiger partial charge < -0.3 is 9.15 Å². The van der Waals surface area contributed by atoms with Gasteiger partial charge in [-0.1, -0.05) is 27.7 Å². The summed E-state index contributed by atoms with van der Waals surface area (Å²) in [7, 11) is 1.92. The molecule has 2 atom stereocenters. The van der Waals surface area contributed by atoms with E-state index in [2.05, 4.69) is 38.9 Å². The van der Waals surface area contributed by atoms with E-state index < -0.39 is 0 Å². The van der Waals surface area contributed by atoms with Crippen molar-refractivity contribution < 1.29 is 9.15 Å². The molecule has 1 aromatic carbocycles. The number of ether oxygens (including phenoxy) is 1. The normalized spacial score (nSPS) is 14.0. The molecule has 0 aliphatic carbocycles. The Morgan fingerprint density at radius 2 is 1.84 bits per heavy atom. The largest absolute Gasteiger partial charge is 0.486 e. The van der Waals surface area contributed by atoms with Crippen LogP contribution in [0.3, 0.4) is 0 Å². The highest BCUT2D eigenvalue weighted by molar-refractivity contribution is 5.89. The van der Waals surface area contributed by atoms with E-state index in [1.165, 1.54) is 11.1 Å². The van der Waals surface area contributed by atoms with Gasteiger partial charge in [-0.05, 0) is 54.0 Å². The van der Waals surface area contributed by atoms with Crippen molar-refractivity contribution in [3.8, 4) is 5.75 Å². The predicted molar refractivity (Wildman–Crippen MR) is 101 cm³/mol. The summed E-state index contributed by atoms with van der Waals surface area (Å²) in [5, 5.41) is 5.49. The molecule has 3 aromatic rings. The fourth-order valence-electron chi connectivity index (χ4n) is 3.19. The van der Waals surface area contributed by atoms with Gasteiger partial charge >= 0.3 is 0 Å². The van der Waals surface area contributed by atoms with Gasteiger partial charge in [-0.2, -0.15) is 5.10 Å². The molecule has 3 rings (SSSR count). The number of hydrogen-bond acceptors (Lipinski definition) is 3. The Kier molecular flexibility index (Phi) is 5.16. The Bertz CT molecular complexity index is 847. The van der Waals surface area contributed by atoms with Crippen LogP contribution in [0.2, 0.25) is 0 Å². The second kappa shape index (κ2) is 7.34. The summed E-state index contributed by atoms with van der Waals surface area (Å²) in [6, 6.07) is 6.31. The molecule has 0 N–H and O–H groups in total. The van der Waals surface area contributed by atoms with E-state index in [4.69, 9.17) is 9.15 Å². The average molecular weight is 340 g/mol. The van der Waals surface area contributed by atoms with E-state index in [-0.39, 0.29) is 0 Å². The Hall–Kier alpha value is -2.23. The quantitative estimate of drug-likeness (QED) is 0.548. The van der Waals surface area contributed by atoms with Crippen molar-refractivity contribution in [2.24, 2.45) is 7.05 Å². The summed E-state index contributed by atoms with van der Waals surface area (Å²) in [6.45, 7) is 9.41. The van der Waals surface area contributed by atoms with Gasteiger partial charge in [0, 0.05) is 13.2 Å². The van der Waals surface area contributed by atoms with Crippen LogP contribution in [0.25, 0.3) is 11.0 Å². The molecule has 0 aliphatic heterocycles. The van der Waals surface area contributed by atoms with Gasteiger partial charge in [0.25, 0.3) is 0 Å². The van der Waals surface area contributed by atoms with Crippen molar-refractivity contribution in [1.29, 1.82) is 0 Å². The monoisotopic (exact) mass is 340 g/mol. The first-order valence-corrected chi connectivity index (χ1v) is 9.20. The molecular weight excluding hydrogens is 312 g/mol. The van der Waals surface area contributed by atoms with Crippen LogP contribution in [0, 0.1) is 0 Å². The summed E-state index contributed by atoms with van der Waals surface area (Å²) in [6.07, 6.45) is 5.87. The Labute approximate surface area is 149 Å². The molecule has 25 heavy (non-hydrogen) atoms. The van der Waals surface area contributed by atoms with Crippen LogP contribution in [0.4, 0.5) is 0 Å². The van der Waals surface area contributed by atoms with Gasteiger partial charge in [-0.3, -0.25) is 4.68 Å². The molecule has 4 heteroatoms. The molecule has 4 nitrogen and oxygen atoms in total. The van der Waals surface area contributed by atoms with Crippen molar-refractivity contribution in [3.05, 3.63) is 47.5 Å². The molecule has 2 heterocycles. The smallest absolute Gasteiger partial charge is 0.141 e. The zero-order valence-corrected chi connectivity index (χ0v) is 15.9. The van der Waals surface area contributed by atoms with Gasteiger partial charge in [0.05, 0.1) is 17.3 Å². The van der Waals surface area contributed by atoms with Gasteiger partial charge in [0.2, 0.25) is 0 Å². The first kappa shape index (κ1) is 17.6. The number of fused-ring (bicyclic) bond motifs is 1. The Morgan fingerprint density at radius 3 is 2.48 bits per heavy atom. The van der Waals surface area contributed by atoms with Crippen LogP contribution >= 0.6 is 0 Å². The lowest BCUT2D eigenvalue weighted by atomic mass is 9.89. The third-order valence-corrected chi connectivity index (χ3v) is 5.17. The molecule has 0 bridgehead atoms. The summed E-state index contributed by atoms with van der Waals surface area (Å²) in [5.74, 6) is 1.83. The molecule has 0 fully saturated rings. The first-order chi connectivity index (χ1) is 12.0. The number of aromatic nitrogens is 2. The van der Waals surface area contributed by atoms with E-state index >= 15 is 0 Å². The lowest BCUT2D eigenvalue weighted by Crippen LogP contribution is -2.05. The van der Waals surface area contributed by atoms with E-state index in [1.54, 1.807) is 10.9 Å². The Balaban J connectivity index is 2.06. The standard InChI is InChI=1S/C21H28N2O2/c1-6-14(3)18-12-19(15(4)7-2)21(17-9-11-24-20(17)18)25-13-16-8-10-23(5)22-16/h8-12,14-15H,6-7,13H2,1-5H3. The topological polar surface area (TPSA) is 40.2 Å². The maximum Gasteiger partial charge on any atom is 0.141 e. The maximum atomic E-state index is 6.26. The van der Waals surface area contributed by atoms with Gasteiger partial charge in [-0.25, -0.2) is 0 Å². The highest BCUT2D eigenvalue weighted by atomic mass is 16.5. The molecule has 2 aromatic heterocycles. The SMILES string of the molecule is CCC(C)c1cc(C(C)CC)c2occc2c1OCc1ccn(C)n1. The second-order valence-corrected chi connectivity index (χ2v) is 6.94. The molecule has 0 saturated heterocycles. The minimum Gasteiger partial charge on any atom is -0.486 e. The van der Waals surface area contributed by atoms with Crippen molar-refractivity contribution in [2.45, 2.75) is 59.0 Å². The van der Waals surface area contributed by atoms with E-state index in [1.807, 2.05) is 25.4 Å². The van der Waals surface area contributed by atoms with Crippen LogP contribution in [-0.4, -0.2) is 9.78 Å². The molecule has 0 aliphatic rings. The summed E-state index contributed by atoms with van der Waals surface area (Å²) < 4.78 is 13.9. The zero-order chi connectivity index (χ0) is 18.0. The maximum absolute atomic E-state index is 6.26. The van der Waals surface area contributed by atoms with Crippen LogP contribution in [-0.2, 0) is 13.7 Å². The predicted octanol–water partition coefficient (Wildman–Crippen LogP) is 5.77. The van der Waals surface area contributed by atoms with Crippen molar-refractivity contribution in [2.75, 3.05) is 0 Å². The molecule has 2 unspecified atom stereocenters. The number of hydrogen-bond donors (Lipinski definition) is 0. The van der Waals surface area contributed by atoms with Gasteiger partial charge in [0.15, 0.2) is 0 Å². The molecular formula is C21H28N2O2. The number of nitrogens with zero attached hydrogens (tertiary/aromatic N) is 2. The number of aryl methyl sites for hydroxylation is 1. The fourth-order valence-corrected chi connectivity index (χ4v) is 3.19. The third kappa shape index (κ3) is 3.44. The van der Waals surface area contributed by atoms with Crippen LogP contribution in [0.5, 0.6) is 5.75 Å². The van der Waals surface area contributed by atoms with E-state index in [9.17, 15) is 0 Å². The third-order valence-electron chi connectivity index (χ3n) is 5.17. The molecule has 134 valence electrons. The highest BCUT2D eigenvalue weighted by Gasteiger charge is 2.21. The van der Waals surface area contributed by atoms with Gasteiger partial charge in [0.1, 0.15) is 17.9 Å². The van der Waals surface area contributed by atoms with E-state index in [0.29, 0.717) is 18.4 Å². The molecule has 0 radical (unpaired) electrons. The molecule has 0 saturated carbocycles. The van der Waals surface area contributed by atoms with Crippen LogP contribution < -0.4 is 4.74 Å². The summed E-state index contributed by atoms with van der Waals surface area (Å²) >= 11 is 0. The lowest BCUT2D eigenvalue weighted by molar-refractivity contribution is 0.298. The number of rotatable bonds is 7. The zero-order valence-electron chi connectivity index (χ0n) is 15.9.